The third kappa shape index (κ3) is 5.11. The van der Waals surface area contributed by atoms with Gasteiger partial charge in [-0.15, -0.1) is 0 Å². The summed E-state index contributed by atoms with van der Waals surface area (Å²) in [5.41, 5.74) is 3.87. The van der Waals surface area contributed by atoms with E-state index in [-0.39, 0.29) is 29.4 Å². The van der Waals surface area contributed by atoms with Gasteiger partial charge in [-0.3, -0.25) is 0 Å². The van der Waals surface area contributed by atoms with Crippen molar-refractivity contribution in [1.29, 1.82) is 0 Å². The molecule has 1 aromatic rings. The number of halogens is 1. The van der Waals surface area contributed by atoms with E-state index in [0.717, 1.165) is 12.1 Å². The maximum atomic E-state index is 2.54. The lowest BCUT2D eigenvalue weighted by Crippen LogP contribution is -3.00. The summed E-state index contributed by atoms with van der Waals surface area (Å²) in [5, 5.41) is 0. The van der Waals surface area contributed by atoms with Crippen molar-refractivity contribution in [2.24, 2.45) is 5.41 Å². The SMILES string of the molecule is CC(C)(C)c1ccc([C@]2(C(C)(C)C)CC[C@@H]([N+](C)(C)C3CCCCC3)CC2)cc1.[I-]. The van der Waals surface area contributed by atoms with E-state index in [1.807, 2.05) is 0 Å². The summed E-state index contributed by atoms with van der Waals surface area (Å²) in [6, 6.07) is 11.5. The molecule has 2 saturated carbocycles. The van der Waals surface area contributed by atoms with Crippen LogP contribution < -0.4 is 24.0 Å². The van der Waals surface area contributed by atoms with Gasteiger partial charge in [-0.2, -0.15) is 0 Å². The predicted octanol–water partition coefficient (Wildman–Crippen LogP) is 4.62. The molecule has 3 rings (SSSR count). The standard InChI is InChI=1S/C28H48N.HI/c1-26(2,3)22-14-16-23(17-15-22)28(27(4,5)6)20-18-25(19-21-28)29(7,8)24-12-10-9-11-13-24;/h14-17,24-25H,9-13,18-21H2,1-8H3;1H/q+1;/p-1/t25-,28+;. The van der Waals surface area contributed by atoms with Gasteiger partial charge in [-0.25, -0.2) is 0 Å². The van der Waals surface area contributed by atoms with E-state index in [1.54, 1.807) is 5.56 Å². The molecule has 1 aromatic carbocycles. The molecule has 0 heterocycles. The monoisotopic (exact) mass is 525 g/mol. The predicted molar refractivity (Wildman–Crippen MR) is 128 cm³/mol. The molecular formula is C28H48IN. The van der Waals surface area contributed by atoms with Crippen LogP contribution in [0.4, 0.5) is 0 Å². The Hall–Kier alpha value is -0.0900. The Kier molecular flexibility index (Phi) is 8.21. The van der Waals surface area contributed by atoms with E-state index >= 15 is 0 Å². The van der Waals surface area contributed by atoms with Gasteiger partial charge < -0.3 is 28.5 Å². The second-order valence-electron chi connectivity index (χ2n) is 12.8. The van der Waals surface area contributed by atoms with E-state index in [4.69, 9.17) is 0 Å². The quantitative estimate of drug-likeness (QED) is 0.399. The Morgan fingerprint density at radius 3 is 1.63 bits per heavy atom. The maximum absolute atomic E-state index is 2.54. The highest BCUT2D eigenvalue weighted by Crippen LogP contribution is 2.53. The Bertz CT molecular complexity index is 660. The lowest BCUT2D eigenvalue weighted by atomic mass is 9.55. The van der Waals surface area contributed by atoms with Gasteiger partial charge in [0.1, 0.15) is 0 Å². The van der Waals surface area contributed by atoms with Crippen molar-refractivity contribution in [3.63, 3.8) is 0 Å². The fourth-order valence-electron chi connectivity index (χ4n) is 6.57. The molecule has 30 heavy (non-hydrogen) atoms. The second-order valence-corrected chi connectivity index (χ2v) is 12.8. The van der Waals surface area contributed by atoms with Crippen molar-refractivity contribution >= 4 is 0 Å². The van der Waals surface area contributed by atoms with E-state index in [2.05, 4.69) is 79.9 Å². The van der Waals surface area contributed by atoms with Crippen LogP contribution in [0.2, 0.25) is 0 Å². The van der Waals surface area contributed by atoms with Crippen LogP contribution in [0.5, 0.6) is 0 Å². The van der Waals surface area contributed by atoms with Gasteiger partial charge in [-0.05, 0) is 60.5 Å². The number of quaternary nitrogens is 1. The summed E-state index contributed by atoms with van der Waals surface area (Å²) in [7, 11) is 5.09. The molecule has 0 radical (unpaired) electrons. The number of hydrogen-bond donors (Lipinski definition) is 0. The van der Waals surface area contributed by atoms with Gasteiger partial charge in [0.05, 0.1) is 26.2 Å². The minimum Gasteiger partial charge on any atom is -1.00 e. The van der Waals surface area contributed by atoms with E-state index < -0.39 is 0 Å². The Balaban J connectivity index is 0.00000320. The summed E-state index contributed by atoms with van der Waals surface area (Å²) in [6.07, 6.45) is 12.7. The van der Waals surface area contributed by atoms with E-state index in [0.29, 0.717) is 10.8 Å². The van der Waals surface area contributed by atoms with Gasteiger partial charge >= 0.3 is 0 Å². The molecular weight excluding hydrogens is 477 g/mol. The van der Waals surface area contributed by atoms with Gasteiger partial charge in [-0.1, -0.05) is 72.2 Å². The second kappa shape index (κ2) is 9.41. The zero-order valence-electron chi connectivity index (χ0n) is 21.2. The van der Waals surface area contributed by atoms with Gasteiger partial charge in [0.25, 0.3) is 0 Å². The van der Waals surface area contributed by atoms with Crippen molar-refractivity contribution in [3.8, 4) is 0 Å². The molecule has 2 aliphatic rings. The highest BCUT2D eigenvalue weighted by Gasteiger charge is 2.49. The summed E-state index contributed by atoms with van der Waals surface area (Å²) in [4.78, 5) is 0. The molecule has 0 saturated heterocycles. The Morgan fingerprint density at radius 2 is 1.20 bits per heavy atom. The summed E-state index contributed by atoms with van der Waals surface area (Å²) in [6.45, 7) is 14.4. The van der Waals surface area contributed by atoms with Crippen LogP contribution >= 0.6 is 0 Å². The van der Waals surface area contributed by atoms with Gasteiger partial charge in [0.15, 0.2) is 0 Å². The molecule has 1 nitrogen and oxygen atoms in total. The van der Waals surface area contributed by atoms with Crippen LogP contribution in [-0.2, 0) is 10.8 Å². The van der Waals surface area contributed by atoms with Crippen molar-refractivity contribution in [2.45, 2.75) is 122 Å². The lowest BCUT2D eigenvalue weighted by molar-refractivity contribution is -0.941. The lowest BCUT2D eigenvalue weighted by Gasteiger charge is -2.54. The van der Waals surface area contributed by atoms with Crippen molar-refractivity contribution in [3.05, 3.63) is 35.4 Å². The van der Waals surface area contributed by atoms with Crippen LogP contribution in [-0.4, -0.2) is 30.7 Å². The average Bonchev–Trinajstić information content (AvgIpc) is 2.67. The van der Waals surface area contributed by atoms with Gasteiger partial charge in [0.2, 0.25) is 0 Å². The fraction of sp³-hybridized carbons (Fsp3) is 0.786. The Labute approximate surface area is 205 Å². The van der Waals surface area contributed by atoms with Crippen molar-refractivity contribution in [1.82, 2.24) is 0 Å². The van der Waals surface area contributed by atoms with Crippen LogP contribution in [0.15, 0.2) is 24.3 Å². The number of hydrogen-bond acceptors (Lipinski definition) is 0. The zero-order valence-corrected chi connectivity index (χ0v) is 23.3. The molecule has 0 atom stereocenters. The third-order valence-electron chi connectivity index (χ3n) is 9.00. The molecule has 0 spiro atoms. The average molecular weight is 526 g/mol. The molecule has 2 aliphatic carbocycles. The molecule has 2 heteroatoms. The fourth-order valence-corrected chi connectivity index (χ4v) is 6.57. The van der Waals surface area contributed by atoms with E-state index in [1.165, 1.54) is 67.8 Å². The normalized spacial score (nSPS) is 26.9. The number of rotatable bonds is 3. The van der Waals surface area contributed by atoms with Crippen LogP contribution in [0.1, 0.15) is 110 Å². The Morgan fingerprint density at radius 1 is 0.733 bits per heavy atom. The number of nitrogens with zero attached hydrogens (tertiary/aromatic N) is 1. The highest BCUT2D eigenvalue weighted by molar-refractivity contribution is 5.34. The zero-order chi connectivity index (χ0) is 21.5. The van der Waals surface area contributed by atoms with Gasteiger partial charge in [0, 0.05) is 18.3 Å². The first-order valence-corrected chi connectivity index (χ1v) is 12.3. The molecule has 2 fully saturated rings. The smallest absolute Gasteiger partial charge is 0.0888 e. The first-order valence-electron chi connectivity index (χ1n) is 12.3. The third-order valence-corrected chi connectivity index (χ3v) is 9.00. The maximum Gasteiger partial charge on any atom is 0.0888 e. The van der Waals surface area contributed by atoms with Crippen LogP contribution in [0.25, 0.3) is 0 Å². The topological polar surface area (TPSA) is 0 Å². The van der Waals surface area contributed by atoms with E-state index in [9.17, 15) is 0 Å². The first kappa shape index (κ1) is 26.2. The summed E-state index contributed by atoms with van der Waals surface area (Å²) in [5.74, 6) is 0. The molecule has 0 aliphatic heterocycles. The molecule has 0 unspecified atom stereocenters. The van der Waals surface area contributed by atoms with Crippen molar-refractivity contribution in [2.75, 3.05) is 14.1 Å². The first-order chi connectivity index (χ1) is 13.4. The largest absolute Gasteiger partial charge is 1.00 e. The summed E-state index contributed by atoms with van der Waals surface area (Å²) < 4.78 is 1.27. The minimum atomic E-state index is 0. The van der Waals surface area contributed by atoms with Crippen molar-refractivity contribution < 1.29 is 28.5 Å². The highest BCUT2D eigenvalue weighted by atomic mass is 127. The molecule has 0 bridgehead atoms. The molecule has 0 amide bonds. The molecule has 0 aromatic heterocycles. The summed E-state index contributed by atoms with van der Waals surface area (Å²) >= 11 is 0. The molecule has 172 valence electrons. The number of benzene rings is 1. The van der Waals surface area contributed by atoms with Crippen LogP contribution in [0, 0.1) is 5.41 Å². The minimum absolute atomic E-state index is 0. The van der Waals surface area contributed by atoms with Crippen LogP contribution in [0.3, 0.4) is 0 Å². The molecule has 0 N–H and O–H groups in total.